The highest BCUT2D eigenvalue weighted by atomic mass is 32.2. The molecular weight excluding hydrogens is 294 g/mol. The standard InChI is InChI=1S/C14H23NO5S/c1-5-13(18)15-7-10(4)21-14(19)6-11(17)12(8-16)20-9(2)3/h8-10,12H,5-7H2,1-4H3,(H,15,18). The van der Waals surface area contributed by atoms with Crippen molar-refractivity contribution in [1.29, 1.82) is 0 Å². The predicted molar refractivity (Wildman–Crippen MR) is 81.1 cm³/mol. The third-order valence-electron chi connectivity index (χ3n) is 2.42. The molecule has 1 amide bonds. The Morgan fingerprint density at radius 3 is 2.33 bits per heavy atom. The largest absolute Gasteiger partial charge is 0.360 e. The van der Waals surface area contributed by atoms with Gasteiger partial charge in [0.05, 0.1) is 12.5 Å². The number of ketones is 1. The van der Waals surface area contributed by atoms with Gasteiger partial charge in [-0.05, 0) is 13.8 Å². The Morgan fingerprint density at radius 2 is 1.86 bits per heavy atom. The molecule has 0 fully saturated rings. The lowest BCUT2D eigenvalue weighted by molar-refractivity contribution is -0.140. The van der Waals surface area contributed by atoms with Gasteiger partial charge in [0, 0.05) is 18.2 Å². The van der Waals surface area contributed by atoms with E-state index in [0.717, 1.165) is 11.8 Å². The van der Waals surface area contributed by atoms with Gasteiger partial charge in [0.25, 0.3) is 0 Å². The van der Waals surface area contributed by atoms with E-state index in [-0.39, 0.29) is 28.8 Å². The van der Waals surface area contributed by atoms with Gasteiger partial charge < -0.3 is 10.1 Å². The first kappa shape index (κ1) is 19.8. The van der Waals surface area contributed by atoms with Gasteiger partial charge in [-0.2, -0.15) is 0 Å². The number of rotatable bonds is 10. The maximum Gasteiger partial charge on any atom is 0.219 e. The molecule has 7 heteroatoms. The molecule has 6 nitrogen and oxygen atoms in total. The van der Waals surface area contributed by atoms with Crippen LogP contribution in [0.25, 0.3) is 0 Å². The van der Waals surface area contributed by atoms with Crippen molar-refractivity contribution >= 4 is 34.9 Å². The molecule has 120 valence electrons. The van der Waals surface area contributed by atoms with Crippen LogP contribution in [0.4, 0.5) is 0 Å². The highest BCUT2D eigenvalue weighted by Crippen LogP contribution is 2.14. The number of hydrogen-bond donors (Lipinski definition) is 1. The van der Waals surface area contributed by atoms with Crippen molar-refractivity contribution in [3.05, 3.63) is 0 Å². The van der Waals surface area contributed by atoms with Gasteiger partial charge in [0.15, 0.2) is 23.3 Å². The van der Waals surface area contributed by atoms with Crippen LogP contribution in [0.3, 0.4) is 0 Å². The van der Waals surface area contributed by atoms with Gasteiger partial charge in [-0.3, -0.25) is 19.2 Å². The Hall–Kier alpha value is -1.21. The summed E-state index contributed by atoms with van der Waals surface area (Å²) in [6, 6.07) is 0. The van der Waals surface area contributed by atoms with Gasteiger partial charge in [-0.15, -0.1) is 0 Å². The number of hydrogen-bond acceptors (Lipinski definition) is 6. The fraction of sp³-hybridized carbons (Fsp3) is 0.714. The van der Waals surface area contributed by atoms with E-state index in [1.807, 2.05) is 0 Å². The Kier molecular flexibility index (Phi) is 9.90. The molecule has 21 heavy (non-hydrogen) atoms. The first-order chi connectivity index (χ1) is 9.79. The number of Topliss-reactive ketones (excluding diaryl/α,β-unsaturated/α-hetero) is 1. The fourth-order valence-corrected chi connectivity index (χ4v) is 2.25. The van der Waals surface area contributed by atoms with Crippen LogP contribution in [0.15, 0.2) is 0 Å². The maximum absolute atomic E-state index is 11.8. The molecule has 0 aromatic heterocycles. The van der Waals surface area contributed by atoms with Crippen LogP contribution in [-0.4, -0.2) is 47.1 Å². The van der Waals surface area contributed by atoms with Crippen molar-refractivity contribution in [3.63, 3.8) is 0 Å². The summed E-state index contributed by atoms with van der Waals surface area (Å²) in [6.45, 7) is 7.30. The predicted octanol–water partition coefficient (Wildman–Crippen LogP) is 1.11. The molecule has 0 aromatic rings. The second kappa shape index (κ2) is 10.5. The van der Waals surface area contributed by atoms with Crippen molar-refractivity contribution in [1.82, 2.24) is 5.32 Å². The van der Waals surface area contributed by atoms with E-state index in [1.165, 1.54) is 0 Å². The van der Waals surface area contributed by atoms with E-state index in [1.54, 1.807) is 27.7 Å². The van der Waals surface area contributed by atoms with Gasteiger partial charge >= 0.3 is 0 Å². The number of nitrogens with one attached hydrogen (secondary N) is 1. The van der Waals surface area contributed by atoms with Crippen molar-refractivity contribution < 1.29 is 23.9 Å². The highest BCUT2D eigenvalue weighted by molar-refractivity contribution is 8.14. The lowest BCUT2D eigenvalue weighted by Crippen LogP contribution is -2.31. The molecule has 2 unspecified atom stereocenters. The number of thioether (sulfide) groups is 1. The van der Waals surface area contributed by atoms with E-state index < -0.39 is 11.9 Å². The molecule has 0 saturated heterocycles. The van der Waals surface area contributed by atoms with E-state index in [0.29, 0.717) is 19.3 Å². The lowest BCUT2D eigenvalue weighted by atomic mass is 10.2. The molecule has 0 aliphatic heterocycles. The fourth-order valence-electron chi connectivity index (χ4n) is 1.41. The molecule has 1 N–H and O–H groups in total. The van der Waals surface area contributed by atoms with E-state index >= 15 is 0 Å². The summed E-state index contributed by atoms with van der Waals surface area (Å²) in [5.41, 5.74) is 0. The van der Waals surface area contributed by atoms with Crippen LogP contribution in [-0.2, 0) is 23.9 Å². The summed E-state index contributed by atoms with van der Waals surface area (Å²) in [4.78, 5) is 45.4. The third kappa shape index (κ3) is 9.36. The van der Waals surface area contributed by atoms with Crippen LogP contribution >= 0.6 is 11.8 Å². The normalized spacial score (nSPS) is 13.6. The molecule has 0 heterocycles. The summed E-state index contributed by atoms with van der Waals surface area (Å²) in [7, 11) is 0. The van der Waals surface area contributed by atoms with Crippen LogP contribution in [0.2, 0.25) is 0 Å². The summed E-state index contributed by atoms with van der Waals surface area (Å²) >= 11 is 0.981. The third-order valence-corrected chi connectivity index (χ3v) is 3.39. The zero-order valence-electron chi connectivity index (χ0n) is 12.9. The smallest absolute Gasteiger partial charge is 0.219 e. The molecule has 0 aliphatic carbocycles. The minimum atomic E-state index is -1.19. The minimum Gasteiger partial charge on any atom is -0.360 e. The van der Waals surface area contributed by atoms with E-state index in [9.17, 15) is 19.2 Å². The first-order valence-electron chi connectivity index (χ1n) is 6.89. The highest BCUT2D eigenvalue weighted by Gasteiger charge is 2.23. The number of amides is 1. The van der Waals surface area contributed by atoms with E-state index in [4.69, 9.17) is 4.74 Å². The van der Waals surface area contributed by atoms with E-state index in [2.05, 4.69) is 5.32 Å². The van der Waals surface area contributed by atoms with Gasteiger partial charge in [-0.1, -0.05) is 25.6 Å². The second-order valence-corrected chi connectivity index (χ2v) is 6.34. The Bertz CT molecular complexity index is 384. The molecule has 0 bridgehead atoms. The van der Waals surface area contributed by atoms with Crippen LogP contribution in [0.5, 0.6) is 0 Å². The Morgan fingerprint density at radius 1 is 1.24 bits per heavy atom. The molecule has 2 atom stereocenters. The number of carbonyl (C=O) groups excluding carboxylic acids is 4. The van der Waals surface area contributed by atoms with Gasteiger partial charge in [-0.25, -0.2) is 0 Å². The molecular formula is C14H23NO5S. The Balaban J connectivity index is 4.20. The molecule has 0 rings (SSSR count). The SMILES string of the molecule is CCC(=O)NCC(C)SC(=O)CC(=O)C(C=O)OC(C)C. The second-order valence-electron chi connectivity index (χ2n) is 4.84. The van der Waals surface area contributed by atoms with Crippen molar-refractivity contribution in [3.8, 4) is 0 Å². The summed E-state index contributed by atoms with van der Waals surface area (Å²) in [5, 5.41) is 2.20. The summed E-state index contributed by atoms with van der Waals surface area (Å²) in [5.74, 6) is -0.627. The zero-order chi connectivity index (χ0) is 16.4. The Labute approximate surface area is 129 Å². The average Bonchev–Trinajstić information content (AvgIpc) is 2.41. The molecule has 0 radical (unpaired) electrons. The van der Waals surface area contributed by atoms with Crippen LogP contribution in [0.1, 0.15) is 40.5 Å². The van der Waals surface area contributed by atoms with Gasteiger partial charge in [0.2, 0.25) is 5.91 Å². The molecule has 0 aliphatic rings. The van der Waals surface area contributed by atoms with Crippen LogP contribution in [0, 0.1) is 0 Å². The maximum atomic E-state index is 11.8. The van der Waals surface area contributed by atoms with Crippen molar-refractivity contribution in [2.45, 2.75) is 58.0 Å². The number of ether oxygens (including phenoxy) is 1. The summed E-state index contributed by atoms with van der Waals surface area (Å²) in [6.07, 6.45) is -1.02. The molecule has 0 saturated carbocycles. The lowest BCUT2D eigenvalue weighted by Gasteiger charge is -2.14. The number of carbonyl (C=O) groups is 4. The molecule has 0 aromatic carbocycles. The van der Waals surface area contributed by atoms with Gasteiger partial charge in [0.1, 0.15) is 0 Å². The quantitative estimate of drug-likeness (QED) is 0.479. The molecule has 0 spiro atoms. The number of aldehydes is 1. The zero-order valence-corrected chi connectivity index (χ0v) is 13.7. The summed E-state index contributed by atoms with van der Waals surface area (Å²) < 4.78 is 5.12. The van der Waals surface area contributed by atoms with Crippen molar-refractivity contribution in [2.75, 3.05) is 6.54 Å². The first-order valence-corrected chi connectivity index (χ1v) is 7.77. The van der Waals surface area contributed by atoms with Crippen LogP contribution < -0.4 is 5.32 Å². The topological polar surface area (TPSA) is 89.5 Å². The van der Waals surface area contributed by atoms with Crippen molar-refractivity contribution in [2.24, 2.45) is 0 Å². The average molecular weight is 317 g/mol. The minimum absolute atomic E-state index is 0.0858. The monoisotopic (exact) mass is 317 g/mol.